The molecule has 0 bridgehead atoms. The van der Waals surface area contributed by atoms with Crippen molar-refractivity contribution in [2.24, 2.45) is 5.92 Å². The first-order valence-corrected chi connectivity index (χ1v) is 9.11. The number of benzene rings is 1. The highest BCUT2D eigenvalue weighted by Crippen LogP contribution is 2.27. The lowest BCUT2D eigenvalue weighted by Gasteiger charge is -2.21. The second kappa shape index (κ2) is 7.65. The van der Waals surface area contributed by atoms with E-state index in [9.17, 15) is 9.59 Å². The Labute approximate surface area is 142 Å². The summed E-state index contributed by atoms with van der Waals surface area (Å²) in [6.45, 7) is 2.04. The van der Waals surface area contributed by atoms with E-state index in [1.165, 1.54) is 32.1 Å². The maximum Gasteiger partial charge on any atom is 0.248 e. The van der Waals surface area contributed by atoms with E-state index in [4.69, 9.17) is 0 Å². The molecule has 0 aliphatic heterocycles. The standard InChI is InChI=1S/C20H26N2O2/c1-2-15-12-20(24)22-18-13-16(9-10-17(15)18)21-19(23)11-8-14-6-4-3-5-7-14/h9-10,12-14H,2-8,11H2,1H3,(H,21,23)(H,22,24). The summed E-state index contributed by atoms with van der Waals surface area (Å²) >= 11 is 0. The molecule has 128 valence electrons. The number of amides is 1. The average Bonchev–Trinajstić information content (AvgIpc) is 2.59. The summed E-state index contributed by atoms with van der Waals surface area (Å²) in [5.74, 6) is 0.776. The number of aromatic nitrogens is 1. The fourth-order valence-corrected chi connectivity index (χ4v) is 3.74. The van der Waals surface area contributed by atoms with Crippen LogP contribution in [0.3, 0.4) is 0 Å². The van der Waals surface area contributed by atoms with Gasteiger partial charge in [0.1, 0.15) is 0 Å². The van der Waals surface area contributed by atoms with Crippen molar-refractivity contribution >= 4 is 22.5 Å². The van der Waals surface area contributed by atoms with Gasteiger partial charge in [0.05, 0.1) is 5.52 Å². The van der Waals surface area contributed by atoms with E-state index in [-0.39, 0.29) is 11.5 Å². The minimum atomic E-state index is -0.0971. The molecule has 1 aromatic carbocycles. The number of aromatic amines is 1. The second-order valence-corrected chi connectivity index (χ2v) is 6.86. The molecule has 0 spiro atoms. The van der Waals surface area contributed by atoms with Gasteiger partial charge in [-0.15, -0.1) is 0 Å². The van der Waals surface area contributed by atoms with E-state index in [2.05, 4.69) is 10.3 Å². The molecule has 0 unspecified atom stereocenters. The van der Waals surface area contributed by atoms with Crippen LogP contribution >= 0.6 is 0 Å². The van der Waals surface area contributed by atoms with Gasteiger partial charge < -0.3 is 10.3 Å². The van der Waals surface area contributed by atoms with Crippen LogP contribution in [0.1, 0.15) is 57.4 Å². The average molecular weight is 326 g/mol. The van der Waals surface area contributed by atoms with Gasteiger partial charge >= 0.3 is 0 Å². The molecule has 1 fully saturated rings. The summed E-state index contributed by atoms with van der Waals surface area (Å²) in [5.41, 5.74) is 2.47. The molecular formula is C20H26N2O2. The minimum Gasteiger partial charge on any atom is -0.326 e. The van der Waals surface area contributed by atoms with Gasteiger partial charge in [0, 0.05) is 23.6 Å². The summed E-state index contributed by atoms with van der Waals surface area (Å²) in [6.07, 6.45) is 8.87. The van der Waals surface area contributed by atoms with Crippen LogP contribution in [0.5, 0.6) is 0 Å². The van der Waals surface area contributed by atoms with Gasteiger partial charge in [-0.3, -0.25) is 9.59 Å². The predicted octanol–water partition coefficient (Wildman–Crippen LogP) is 4.39. The fraction of sp³-hybridized carbons (Fsp3) is 0.500. The Morgan fingerprint density at radius 3 is 2.75 bits per heavy atom. The minimum absolute atomic E-state index is 0.0638. The van der Waals surface area contributed by atoms with Crippen LogP contribution in [0.15, 0.2) is 29.1 Å². The molecule has 1 heterocycles. The summed E-state index contributed by atoms with van der Waals surface area (Å²) < 4.78 is 0. The number of hydrogen-bond donors (Lipinski definition) is 2. The number of H-pyrrole nitrogens is 1. The van der Waals surface area contributed by atoms with Gasteiger partial charge in [-0.25, -0.2) is 0 Å². The molecule has 2 N–H and O–H groups in total. The summed E-state index contributed by atoms with van der Waals surface area (Å²) in [6, 6.07) is 7.39. The number of pyridine rings is 1. The normalized spacial score (nSPS) is 15.5. The SMILES string of the molecule is CCc1cc(=O)[nH]c2cc(NC(=O)CCC3CCCCC3)ccc12. The lowest BCUT2D eigenvalue weighted by Crippen LogP contribution is -2.15. The molecule has 24 heavy (non-hydrogen) atoms. The fourth-order valence-electron chi connectivity index (χ4n) is 3.74. The number of rotatable bonds is 5. The number of anilines is 1. The highest BCUT2D eigenvalue weighted by atomic mass is 16.1. The summed E-state index contributed by atoms with van der Waals surface area (Å²) in [7, 11) is 0. The molecule has 1 saturated carbocycles. The summed E-state index contributed by atoms with van der Waals surface area (Å²) in [5, 5.41) is 4.01. The molecule has 0 saturated heterocycles. The molecule has 2 aromatic rings. The first kappa shape index (κ1) is 16.7. The Kier molecular flexibility index (Phi) is 5.34. The number of aryl methyl sites for hydroxylation is 1. The molecule has 4 nitrogen and oxygen atoms in total. The molecule has 4 heteroatoms. The zero-order valence-corrected chi connectivity index (χ0v) is 14.4. The summed E-state index contributed by atoms with van der Waals surface area (Å²) in [4.78, 5) is 26.8. The molecule has 0 radical (unpaired) electrons. The molecule has 1 aliphatic carbocycles. The van der Waals surface area contributed by atoms with Crippen LogP contribution in [0.25, 0.3) is 10.9 Å². The van der Waals surface area contributed by atoms with E-state index >= 15 is 0 Å². The van der Waals surface area contributed by atoms with Crippen LogP contribution in [-0.4, -0.2) is 10.9 Å². The van der Waals surface area contributed by atoms with E-state index in [1.807, 2.05) is 25.1 Å². The van der Waals surface area contributed by atoms with Crippen molar-refractivity contribution in [2.75, 3.05) is 5.32 Å². The van der Waals surface area contributed by atoms with E-state index in [1.54, 1.807) is 6.07 Å². The number of fused-ring (bicyclic) bond motifs is 1. The third kappa shape index (κ3) is 4.05. The van der Waals surface area contributed by atoms with Crippen molar-refractivity contribution in [3.05, 3.63) is 40.2 Å². The zero-order chi connectivity index (χ0) is 16.9. The van der Waals surface area contributed by atoms with E-state index < -0.39 is 0 Å². The van der Waals surface area contributed by atoms with Crippen molar-refractivity contribution in [3.63, 3.8) is 0 Å². The third-order valence-corrected chi connectivity index (χ3v) is 5.10. The van der Waals surface area contributed by atoms with Gasteiger partial charge in [0.15, 0.2) is 0 Å². The highest BCUT2D eigenvalue weighted by molar-refractivity contribution is 5.94. The Morgan fingerprint density at radius 2 is 2.00 bits per heavy atom. The first-order valence-electron chi connectivity index (χ1n) is 9.11. The highest BCUT2D eigenvalue weighted by Gasteiger charge is 2.15. The Morgan fingerprint density at radius 1 is 1.21 bits per heavy atom. The van der Waals surface area contributed by atoms with E-state index in [0.717, 1.165) is 35.0 Å². The smallest absolute Gasteiger partial charge is 0.248 e. The lowest BCUT2D eigenvalue weighted by molar-refractivity contribution is -0.116. The Hall–Kier alpha value is -2.10. The number of hydrogen-bond acceptors (Lipinski definition) is 2. The first-order chi connectivity index (χ1) is 11.7. The van der Waals surface area contributed by atoms with Crippen LogP contribution in [0.4, 0.5) is 5.69 Å². The van der Waals surface area contributed by atoms with Gasteiger partial charge in [-0.1, -0.05) is 45.1 Å². The molecule has 1 aromatic heterocycles. The quantitative estimate of drug-likeness (QED) is 0.856. The molecule has 1 aliphatic rings. The molecular weight excluding hydrogens is 300 g/mol. The van der Waals surface area contributed by atoms with Crippen molar-refractivity contribution in [3.8, 4) is 0 Å². The topological polar surface area (TPSA) is 62.0 Å². The molecule has 1 amide bonds. The number of carbonyl (C=O) groups is 1. The number of carbonyl (C=O) groups excluding carboxylic acids is 1. The van der Waals surface area contributed by atoms with Gasteiger partial charge in [-0.2, -0.15) is 0 Å². The predicted molar refractivity (Wildman–Crippen MR) is 98.4 cm³/mol. The zero-order valence-electron chi connectivity index (χ0n) is 14.4. The van der Waals surface area contributed by atoms with Crippen molar-refractivity contribution in [1.29, 1.82) is 0 Å². The second-order valence-electron chi connectivity index (χ2n) is 6.86. The van der Waals surface area contributed by atoms with Crippen molar-refractivity contribution in [2.45, 2.75) is 58.3 Å². The maximum absolute atomic E-state index is 12.2. The van der Waals surface area contributed by atoms with Crippen LogP contribution < -0.4 is 10.9 Å². The lowest BCUT2D eigenvalue weighted by atomic mass is 9.86. The third-order valence-electron chi connectivity index (χ3n) is 5.10. The Balaban J connectivity index is 1.66. The Bertz CT molecular complexity index is 773. The van der Waals surface area contributed by atoms with Crippen molar-refractivity contribution < 1.29 is 4.79 Å². The monoisotopic (exact) mass is 326 g/mol. The maximum atomic E-state index is 12.2. The van der Waals surface area contributed by atoms with Crippen LogP contribution in [0.2, 0.25) is 0 Å². The van der Waals surface area contributed by atoms with Gasteiger partial charge in [0.2, 0.25) is 11.5 Å². The van der Waals surface area contributed by atoms with Crippen LogP contribution in [-0.2, 0) is 11.2 Å². The molecule has 3 rings (SSSR count). The molecule has 0 atom stereocenters. The van der Waals surface area contributed by atoms with Gasteiger partial charge in [-0.05, 0) is 36.5 Å². The van der Waals surface area contributed by atoms with Crippen molar-refractivity contribution in [1.82, 2.24) is 4.98 Å². The largest absolute Gasteiger partial charge is 0.326 e. The van der Waals surface area contributed by atoms with Gasteiger partial charge in [0.25, 0.3) is 0 Å². The van der Waals surface area contributed by atoms with Crippen LogP contribution in [0, 0.1) is 5.92 Å². The number of nitrogens with one attached hydrogen (secondary N) is 2. The van der Waals surface area contributed by atoms with E-state index in [0.29, 0.717) is 12.3 Å².